The molecule has 2 aromatic rings. The van der Waals surface area contributed by atoms with Crippen molar-refractivity contribution < 1.29 is 4.79 Å². The average Bonchev–Trinajstić information content (AvgIpc) is 2.74. The predicted molar refractivity (Wildman–Crippen MR) is 102 cm³/mol. The molecule has 4 atom stereocenters. The van der Waals surface area contributed by atoms with Crippen molar-refractivity contribution in [3.05, 3.63) is 69.7 Å². The van der Waals surface area contributed by atoms with Crippen LogP contribution in [0.1, 0.15) is 48.9 Å². The summed E-state index contributed by atoms with van der Waals surface area (Å²) in [5, 5.41) is 5.23. The number of rotatable bonds is 2. The van der Waals surface area contributed by atoms with Gasteiger partial charge in [-0.3, -0.25) is 4.79 Å². The van der Waals surface area contributed by atoms with E-state index in [1.807, 2.05) is 48.5 Å². The van der Waals surface area contributed by atoms with Gasteiger partial charge in [0, 0.05) is 34.0 Å². The summed E-state index contributed by atoms with van der Waals surface area (Å²) in [7, 11) is 0. The van der Waals surface area contributed by atoms with Crippen LogP contribution in [-0.2, 0) is 4.79 Å². The normalized spacial score (nSPS) is 29.3. The highest BCUT2D eigenvalue weighted by Crippen LogP contribution is 2.44. The third kappa shape index (κ3) is 3.36. The van der Waals surface area contributed by atoms with Crippen LogP contribution in [-0.4, -0.2) is 5.78 Å². The van der Waals surface area contributed by atoms with Gasteiger partial charge in [-0.05, 0) is 48.2 Å². The SMILES string of the molecule is O=C1[C@H]2CCCC[C@H]1[C@@H](c1ccc(Cl)cc1)N[C@@H]2c1ccc(Cl)cc1. The van der Waals surface area contributed by atoms with E-state index in [4.69, 9.17) is 23.2 Å². The third-order valence-corrected chi connectivity index (χ3v) is 6.14. The number of nitrogens with one attached hydrogen (secondary N) is 1. The Balaban J connectivity index is 1.73. The van der Waals surface area contributed by atoms with Crippen LogP contribution in [0.2, 0.25) is 10.0 Å². The summed E-state index contributed by atoms with van der Waals surface area (Å²) < 4.78 is 0. The molecule has 4 heteroatoms. The van der Waals surface area contributed by atoms with E-state index in [0.29, 0.717) is 5.78 Å². The van der Waals surface area contributed by atoms with E-state index in [0.717, 1.165) is 46.9 Å². The van der Waals surface area contributed by atoms with Gasteiger partial charge in [-0.25, -0.2) is 0 Å². The smallest absolute Gasteiger partial charge is 0.142 e. The van der Waals surface area contributed by atoms with Crippen LogP contribution >= 0.6 is 23.2 Å². The Morgan fingerprint density at radius 2 is 1.12 bits per heavy atom. The summed E-state index contributed by atoms with van der Waals surface area (Å²) >= 11 is 12.1. The lowest BCUT2D eigenvalue weighted by molar-refractivity contribution is -0.131. The molecule has 1 saturated carbocycles. The van der Waals surface area contributed by atoms with Crippen molar-refractivity contribution in [2.24, 2.45) is 11.8 Å². The van der Waals surface area contributed by atoms with Crippen LogP contribution in [0.4, 0.5) is 0 Å². The number of ketones is 1. The topological polar surface area (TPSA) is 29.1 Å². The van der Waals surface area contributed by atoms with Crippen LogP contribution < -0.4 is 5.32 Å². The van der Waals surface area contributed by atoms with E-state index >= 15 is 0 Å². The van der Waals surface area contributed by atoms with Gasteiger partial charge in [0.15, 0.2) is 0 Å². The molecule has 25 heavy (non-hydrogen) atoms. The van der Waals surface area contributed by atoms with Gasteiger partial charge < -0.3 is 5.32 Å². The summed E-state index contributed by atoms with van der Waals surface area (Å²) in [6.07, 6.45) is 4.16. The molecule has 2 aromatic carbocycles. The van der Waals surface area contributed by atoms with Gasteiger partial charge in [-0.15, -0.1) is 0 Å². The van der Waals surface area contributed by atoms with Crippen LogP contribution in [0.3, 0.4) is 0 Å². The fourth-order valence-corrected chi connectivity index (χ4v) is 4.62. The number of carbonyl (C=O) groups is 1. The maximum Gasteiger partial charge on any atom is 0.142 e. The molecule has 0 radical (unpaired) electrons. The molecule has 1 heterocycles. The maximum atomic E-state index is 13.2. The molecule has 0 aromatic heterocycles. The van der Waals surface area contributed by atoms with Crippen LogP contribution in [0.5, 0.6) is 0 Å². The minimum absolute atomic E-state index is 0.0415. The fourth-order valence-electron chi connectivity index (χ4n) is 4.37. The first-order valence-corrected chi connectivity index (χ1v) is 9.70. The summed E-state index contributed by atoms with van der Waals surface area (Å²) in [6, 6.07) is 15.9. The minimum atomic E-state index is 0.0415. The largest absolute Gasteiger partial charge is 0.302 e. The van der Waals surface area contributed by atoms with Gasteiger partial charge in [0.2, 0.25) is 0 Å². The summed E-state index contributed by atoms with van der Waals surface area (Å²) in [6.45, 7) is 0. The van der Waals surface area contributed by atoms with Crippen molar-refractivity contribution in [1.82, 2.24) is 5.32 Å². The second-order valence-corrected chi connectivity index (χ2v) is 8.00. The minimum Gasteiger partial charge on any atom is -0.302 e. The second-order valence-electron chi connectivity index (χ2n) is 7.12. The molecule has 2 fully saturated rings. The first-order valence-electron chi connectivity index (χ1n) is 8.94. The standard InChI is InChI=1S/C21H21Cl2NO/c22-15-9-5-13(6-10-15)19-17-3-1-2-4-18(21(17)25)20(24-19)14-7-11-16(23)12-8-14/h5-12,17-20,24H,1-4H2/t17-,18-,19+,20+/m0/s1. The van der Waals surface area contributed by atoms with E-state index in [9.17, 15) is 4.79 Å². The quantitative estimate of drug-likeness (QED) is 0.725. The van der Waals surface area contributed by atoms with Gasteiger partial charge in [0.1, 0.15) is 5.78 Å². The molecule has 2 nitrogen and oxygen atoms in total. The number of hydrogen-bond donors (Lipinski definition) is 1. The molecule has 0 spiro atoms. The van der Waals surface area contributed by atoms with Gasteiger partial charge in [-0.2, -0.15) is 0 Å². The Hall–Kier alpha value is -1.35. The lowest BCUT2D eigenvalue weighted by Crippen LogP contribution is -2.47. The van der Waals surface area contributed by atoms with Crippen LogP contribution in [0.25, 0.3) is 0 Å². The van der Waals surface area contributed by atoms with Gasteiger partial charge in [0.25, 0.3) is 0 Å². The molecule has 1 N–H and O–H groups in total. The number of fused-ring (bicyclic) bond motifs is 2. The van der Waals surface area contributed by atoms with Crippen molar-refractivity contribution in [2.45, 2.75) is 37.8 Å². The number of hydrogen-bond acceptors (Lipinski definition) is 2. The second kappa shape index (κ2) is 7.11. The fraction of sp³-hybridized carbons (Fsp3) is 0.381. The van der Waals surface area contributed by atoms with Crippen molar-refractivity contribution in [2.75, 3.05) is 0 Å². The summed E-state index contributed by atoms with van der Waals surface area (Å²) in [5.41, 5.74) is 2.28. The van der Waals surface area contributed by atoms with Gasteiger partial charge in [0.05, 0.1) is 0 Å². The zero-order valence-electron chi connectivity index (χ0n) is 13.9. The lowest BCUT2D eigenvalue weighted by atomic mass is 9.74. The zero-order chi connectivity index (χ0) is 17.4. The van der Waals surface area contributed by atoms with Gasteiger partial charge in [-0.1, -0.05) is 60.3 Å². The molecule has 1 aliphatic carbocycles. The number of carbonyl (C=O) groups excluding carboxylic acids is 1. The first-order chi connectivity index (χ1) is 12.1. The highest BCUT2D eigenvalue weighted by molar-refractivity contribution is 6.30. The monoisotopic (exact) mass is 373 g/mol. The predicted octanol–water partition coefficient (Wildman–Crippen LogP) is 5.75. The average molecular weight is 374 g/mol. The van der Waals surface area contributed by atoms with E-state index < -0.39 is 0 Å². The molecular formula is C21H21Cl2NO. The summed E-state index contributed by atoms with van der Waals surface area (Å²) in [5.74, 6) is 0.519. The van der Waals surface area contributed by atoms with Crippen molar-refractivity contribution in [3.8, 4) is 0 Å². The third-order valence-electron chi connectivity index (χ3n) is 5.63. The highest BCUT2D eigenvalue weighted by Gasteiger charge is 2.45. The maximum absolute atomic E-state index is 13.2. The van der Waals surface area contributed by atoms with Crippen LogP contribution in [0, 0.1) is 11.8 Å². The number of Topliss-reactive ketones (excluding diaryl/α,β-unsaturated/α-hetero) is 1. The molecule has 1 saturated heterocycles. The van der Waals surface area contributed by atoms with E-state index in [2.05, 4.69) is 5.32 Å². The van der Waals surface area contributed by atoms with Crippen molar-refractivity contribution >= 4 is 29.0 Å². The van der Waals surface area contributed by atoms with Crippen molar-refractivity contribution in [3.63, 3.8) is 0 Å². The highest BCUT2D eigenvalue weighted by atomic mass is 35.5. The molecule has 4 rings (SSSR count). The van der Waals surface area contributed by atoms with Gasteiger partial charge >= 0.3 is 0 Å². The Morgan fingerprint density at radius 3 is 1.52 bits per heavy atom. The zero-order valence-corrected chi connectivity index (χ0v) is 15.4. The van der Waals surface area contributed by atoms with Crippen molar-refractivity contribution in [1.29, 1.82) is 0 Å². The molecule has 2 bridgehead atoms. The Morgan fingerprint density at radius 1 is 0.720 bits per heavy atom. The molecule has 130 valence electrons. The number of halogens is 2. The van der Waals surface area contributed by atoms with Crippen LogP contribution in [0.15, 0.2) is 48.5 Å². The van der Waals surface area contributed by atoms with E-state index in [-0.39, 0.29) is 23.9 Å². The first kappa shape index (κ1) is 17.1. The molecule has 2 aliphatic rings. The molecular weight excluding hydrogens is 353 g/mol. The lowest BCUT2D eigenvalue weighted by Gasteiger charge is -2.41. The van der Waals surface area contributed by atoms with E-state index in [1.165, 1.54) is 0 Å². The Kier molecular flexibility index (Phi) is 4.86. The number of piperidine rings is 1. The Labute approximate surface area is 158 Å². The van der Waals surface area contributed by atoms with E-state index in [1.54, 1.807) is 0 Å². The number of benzene rings is 2. The Bertz CT molecular complexity index is 693. The molecule has 0 amide bonds. The molecule has 0 unspecified atom stereocenters. The molecule has 1 aliphatic heterocycles. The summed E-state index contributed by atoms with van der Waals surface area (Å²) in [4.78, 5) is 13.2.